The molecule has 0 unspecified atom stereocenters. The van der Waals surface area contributed by atoms with Gasteiger partial charge in [0.2, 0.25) is 0 Å². The third kappa shape index (κ3) is 4.05. The van der Waals surface area contributed by atoms with E-state index in [2.05, 4.69) is 4.74 Å². The number of carbonyl (C=O) groups is 1. The Morgan fingerprint density at radius 2 is 2.07 bits per heavy atom. The normalized spacial score (nSPS) is 12.1. The third-order valence-corrected chi connectivity index (χ3v) is 1.75. The lowest BCUT2D eigenvalue weighted by molar-refractivity contribution is -0.135. The highest BCUT2D eigenvalue weighted by Gasteiger charge is 2.00. The average molecular weight is 194 g/mol. The molecule has 1 rings (SSSR count). The molecule has 0 spiro atoms. The Morgan fingerprint density at radius 1 is 1.36 bits per heavy atom. The average Bonchev–Trinajstić information content (AvgIpc) is 2.20. The van der Waals surface area contributed by atoms with Gasteiger partial charge in [-0.25, -0.2) is 0 Å². The Hall–Kier alpha value is -1.35. The first kappa shape index (κ1) is 10.7. The highest BCUT2D eigenvalue weighted by atomic mass is 16.6. The third-order valence-electron chi connectivity index (χ3n) is 1.75. The van der Waals surface area contributed by atoms with Crippen LogP contribution in [-0.2, 0) is 20.9 Å². The molecular formula is C11H14O3. The molecule has 3 nitrogen and oxygen atoms in total. The van der Waals surface area contributed by atoms with Gasteiger partial charge in [0.1, 0.15) is 6.10 Å². The van der Waals surface area contributed by atoms with Crippen LogP contribution < -0.4 is 0 Å². The number of carbonyl (C=O) groups excluding carboxylic acids is 1. The first-order chi connectivity index (χ1) is 6.83. The molecule has 0 radical (unpaired) electrons. The number of hydrogen-bond acceptors (Lipinski definition) is 3. The predicted molar refractivity (Wildman–Crippen MR) is 52.7 cm³/mol. The molecule has 0 aliphatic heterocycles. The van der Waals surface area contributed by atoms with Crippen molar-refractivity contribution in [3.05, 3.63) is 35.9 Å². The molecule has 0 N–H and O–H groups in total. The molecule has 0 amide bonds. The Labute approximate surface area is 83.6 Å². The van der Waals surface area contributed by atoms with Crippen molar-refractivity contribution >= 4 is 6.47 Å². The maximum Gasteiger partial charge on any atom is 0.293 e. The van der Waals surface area contributed by atoms with Crippen LogP contribution in [0.25, 0.3) is 0 Å². The fourth-order valence-corrected chi connectivity index (χ4v) is 1.05. The van der Waals surface area contributed by atoms with Crippen LogP contribution in [0.3, 0.4) is 0 Å². The second-order valence-corrected chi connectivity index (χ2v) is 3.04. The van der Waals surface area contributed by atoms with E-state index >= 15 is 0 Å². The quantitative estimate of drug-likeness (QED) is 0.647. The van der Waals surface area contributed by atoms with Gasteiger partial charge >= 0.3 is 0 Å². The van der Waals surface area contributed by atoms with E-state index in [9.17, 15) is 4.79 Å². The standard InChI is InChI=1S/C11H14O3/c1-10(14-9-12)7-13-8-11-5-3-2-4-6-11/h2-6,9-10H,7-8H2,1H3/t10-/m0/s1. The molecule has 0 bridgehead atoms. The van der Waals surface area contributed by atoms with E-state index in [-0.39, 0.29) is 6.10 Å². The fraction of sp³-hybridized carbons (Fsp3) is 0.364. The molecule has 76 valence electrons. The molecule has 0 heterocycles. The van der Waals surface area contributed by atoms with Crippen LogP contribution in [-0.4, -0.2) is 19.2 Å². The zero-order valence-electron chi connectivity index (χ0n) is 8.18. The van der Waals surface area contributed by atoms with Gasteiger partial charge < -0.3 is 9.47 Å². The predicted octanol–water partition coefficient (Wildman–Crippen LogP) is 1.76. The molecule has 1 aromatic rings. The molecule has 14 heavy (non-hydrogen) atoms. The second kappa shape index (κ2) is 6.16. The lowest BCUT2D eigenvalue weighted by Crippen LogP contribution is -2.14. The van der Waals surface area contributed by atoms with Crippen LogP contribution >= 0.6 is 0 Å². The molecule has 0 aliphatic rings. The minimum Gasteiger partial charge on any atom is -0.462 e. The zero-order chi connectivity index (χ0) is 10.2. The van der Waals surface area contributed by atoms with Gasteiger partial charge in [0.25, 0.3) is 6.47 Å². The van der Waals surface area contributed by atoms with Crippen molar-refractivity contribution in [3.8, 4) is 0 Å². The van der Waals surface area contributed by atoms with Crippen molar-refractivity contribution in [2.45, 2.75) is 19.6 Å². The number of rotatable bonds is 6. The molecule has 0 saturated heterocycles. The summed E-state index contributed by atoms with van der Waals surface area (Å²) in [6, 6.07) is 9.87. The second-order valence-electron chi connectivity index (χ2n) is 3.04. The van der Waals surface area contributed by atoms with Crippen molar-refractivity contribution < 1.29 is 14.3 Å². The highest BCUT2D eigenvalue weighted by molar-refractivity contribution is 5.37. The topological polar surface area (TPSA) is 35.5 Å². The molecule has 0 aromatic heterocycles. The van der Waals surface area contributed by atoms with E-state index in [0.717, 1.165) is 5.56 Å². The van der Waals surface area contributed by atoms with Crippen molar-refractivity contribution in [2.24, 2.45) is 0 Å². The van der Waals surface area contributed by atoms with Crippen molar-refractivity contribution in [1.29, 1.82) is 0 Å². The first-order valence-electron chi connectivity index (χ1n) is 4.53. The fourth-order valence-electron chi connectivity index (χ4n) is 1.05. The van der Waals surface area contributed by atoms with Crippen LogP contribution in [0.4, 0.5) is 0 Å². The first-order valence-corrected chi connectivity index (χ1v) is 4.53. The summed E-state index contributed by atoms with van der Waals surface area (Å²) in [6.45, 7) is 3.21. The molecule has 3 heteroatoms. The van der Waals surface area contributed by atoms with E-state index in [1.165, 1.54) is 0 Å². The van der Waals surface area contributed by atoms with E-state index < -0.39 is 0 Å². The van der Waals surface area contributed by atoms with E-state index in [0.29, 0.717) is 19.7 Å². The Morgan fingerprint density at radius 3 is 2.71 bits per heavy atom. The van der Waals surface area contributed by atoms with Crippen molar-refractivity contribution in [1.82, 2.24) is 0 Å². The molecular weight excluding hydrogens is 180 g/mol. The van der Waals surface area contributed by atoms with Crippen LogP contribution in [0, 0.1) is 0 Å². The Balaban J connectivity index is 2.18. The number of benzene rings is 1. The van der Waals surface area contributed by atoms with Gasteiger partial charge in [0, 0.05) is 0 Å². The SMILES string of the molecule is C[C@@H](COCc1ccccc1)OC=O. The summed E-state index contributed by atoms with van der Waals surface area (Å²) in [4.78, 5) is 9.97. The molecule has 1 atom stereocenters. The number of ether oxygens (including phenoxy) is 2. The summed E-state index contributed by atoms with van der Waals surface area (Å²) in [7, 11) is 0. The Bertz CT molecular complexity index is 258. The maximum absolute atomic E-state index is 9.97. The van der Waals surface area contributed by atoms with Crippen molar-refractivity contribution in [3.63, 3.8) is 0 Å². The molecule has 0 aliphatic carbocycles. The largest absolute Gasteiger partial charge is 0.462 e. The summed E-state index contributed by atoms with van der Waals surface area (Å²) in [5.41, 5.74) is 1.12. The monoisotopic (exact) mass is 194 g/mol. The van der Waals surface area contributed by atoms with E-state index in [4.69, 9.17) is 4.74 Å². The lowest BCUT2D eigenvalue weighted by atomic mass is 10.2. The molecule has 0 saturated carbocycles. The van der Waals surface area contributed by atoms with Gasteiger partial charge in [-0.1, -0.05) is 30.3 Å². The summed E-state index contributed by atoms with van der Waals surface area (Å²) in [6.07, 6.45) is -0.184. The van der Waals surface area contributed by atoms with Crippen LogP contribution in [0.2, 0.25) is 0 Å². The summed E-state index contributed by atoms with van der Waals surface area (Å²) in [5.74, 6) is 0. The summed E-state index contributed by atoms with van der Waals surface area (Å²) < 4.78 is 10.0. The summed E-state index contributed by atoms with van der Waals surface area (Å²) in [5, 5.41) is 0. The highest BCUT2D eigenvalue weighted by Crippen LogP contribution is 2.01. The van der Waals surface area contributed by atoms with E-state index in [1.54, 1.807) is 6.92 Å². The van der Waals surface area contributed by atoms with Crippen LogP contribution in [0.5, 0.6) is 0 Å². The van der Waals surface area contributed by atoms with Crippen molar-refractivity contribution in [2.75, 3.05) is 6.61 Å². The van der Waals surface area contributed by atoms with Gasteiger partial charge in [0.15, 0.2) is 0 Å². The number of hydrogen-bond donors (Lipinski definition) is 0. The van der Waals surface area contributed by atoms with Crippen LogP contribution in [0.15, 0.2) is 30.3 Å². The minimum absolute atomic E-state index is 0.184. The van der Waals surface area contributed by atoms with E-state index in [1.807, 2.05) is 30.3 Å². The summed E-state index contributed by atoms with van der Waals surface area (Å²) >= 11 is 0. The molecule has 0 fully saturated rings. The van der Waals surface area contributed by atoms with Gasteiger partial charge in [-0.15, -0.1) is 0 Å². The maximum atomic E-state index is 9.97. The van der Waals surface area contributed by atoms with Gasteiger partial charge in [-0.3, -0.25) is 4.79 Å². The Kier molecular flexibility index (Phi) is 4.72. The zero-order valence-corrected chi connectivity index (χ0v) is 8.18. The lowest BCUT2D eigenvalue weighted by Gasteiger charge is -2.09. The molecule has 1 aromatic carbocycles. The minimum atomic E-state index is -0.184. The van der Waals surface area contributed by atoms with Gasteiger partial charge in [0.05, 0.1) is 13.2 Å². The van der Waals surface area contributed by atoms with Gasteiger partial charge in [-0.2, -0.15) is 0 Å². The van der Waals surface area contributed by atoms with Crippen LogP contribution in [0.1, 0.15) is 12.5 Å². The smallest absolute Gasteiger partial charge is 0.293 e. The van der Waals surface area contributed by atoms with Gasteiger partial charge in [-0.05, 0) is 12.5 Å².